The van der Waals surface area contributed by atoms with Gasteiger partial charge in [0.2, 0.25) is 11.7 Å². The van der Waals surface area contributed by atoms with Gasteiger partial charge in [0.15, 0.2) is 23.1 Å². The number of nitrogens with one attached hydrogen (secondary N) is 2. The number of rotatable bonds is 7. The smallest absolute Gasteiger partial charge is 0.416 e. The lowest BCUT2D eigenvalue weighted by Crippen LogP contribution is -2.57. The zero-order valence-electron chi connectivity index (χ0n) is 18.0. The second kappa shape index (κ2) is 9.03. The molecule has 0 bridgehead atoms. The maximum atomic E-state index is 15.4. The molecule has 1 aliphatic heterocycles. The van der Waals surface area contributed by atoms with E-state index in [1.165, 1.54) is 35.5 Å². The van der Waals surface area contributed by atoms with Crippen LogP contribution in [0, 0.1) is 11.6 Å². The zero-order valence-corrected chi connectivity index (χ0v) is 18.9. The number of hydrogen-bond donors (Lipinski definition) is 2. The van der Waals surface area contributed by atoms with Gasteiger partial charge in [0, 0.05) is 41.7 Å². The number of halogens is 2. The number of anilines is 1. The molecular formula is C22H20F2N6O3S. The summed E-state index contributed by atoms with van der Waals surface area (Å²) in [7, 11) is 1.68. The van der Waals surface area contributed by atoms with Crippen molar-refractivity contribution in [2.24, 2.45) is 0 Å². The number of fused-ring (bicyclic) bond motifs is 2. The average molecular weight is 487 g/mol. The minimum absolute atomic E-state index is 0.0436. The number of ether oxygens (including phenoxy) is 2. The van der Waals surface area contributed by atoms with Crippen LogP contribution in [0.25, 0.3) is 0 Å². The first-order valence-corrected chi connectivity index (χ1v) is 11.3. The summed E-state index contributed by atoms with van der Waals surface area (Å²) in [6.07, 6.45) is 4.23. The fourth-order valence-corrected chi connectivity index (χ4v) is 4.55. The highest BCUT2D eigenvalue weighted by atomic mass is 32.2. The first kappa shape index (κ1) is 22.3. The second-order valence-electron chi connectivity index (χ2n) is 7.80. The van der Waals surface area contributed by atoms with Gasteiger partial charge >= 0.3 is 6.09 Å². The van der Waals surface area contributed by atoms with E-state index < -0.39 is 23.3 Å². The quantitative estimate of drug-likeness (QED) is 0.467. The molecule has 3 heterocycles. The third kappa shape index (κ3) is 3.78. The lowest BCUT2D eigenvalue weighted by molar-refractivity contribution is -0.000309. The zero-order chi connectivity index (χ0) is 23.7. The molecule has 2 N–H and O–H groups in total. The Hall–Kier alpha value is -3.51. The number of carbonyl (C=O) groups excluding carboxylic acids is 1. The van der Waals surface area contributed by atoms with E-state index in [1.54, 1.807) is 19.2 Å². The van der Waals surface area contributed by atoms with Gasteiger partial charge in [-0.1, -0.05) is 0 Å². The molecule has 34 heavy (non-hydrogen) atoms. The van der Waals surface area contributed by atoms with E-state index in [1.807, 2.05) is 0 Å². The van der Waals surface area contributed by atoms with Crippen LogP contribution in [0.3, 0.4) is 0 Å². The van der Waals surface area contributed by atoms with E-state index >= 15 is 8.78 Å². The SMILES string of the molecule is CNSNc1nccc(CN2C(=O)Oc3c(ccc(Oc4cccnn4)c3F)C23CCC3)c1F. The van der Waals surface area contributed by atoms with Crippen LogP contribution in [0.2, 0.25) is 0 Å². The Kier molecular flexibility index (Phi) is 5.92. The summed E-state index contributed by atoms with van der Waals surface area (Å²) >= 11 is 1.07. The van der Waals surface area contributed by atoms with Gasteiger partial charge in [-0.3, -0.25) is 9.62 Å². The van der Waals surface area contributed by atoms with E-state index in [9.17, 15) is 4.79 Å². The van der Waals surface area contributed by atoms with Crippen molar-refractivity contribution in [3.63, 3.8) is 0 Å². The number of hydrogen-bond acceptors (Lipinski definition) is 9. The van der Waals surface area contributed by atoms with Crippen molar-refractivity contribution in [3.8, 4) is 17.4 Å². The van der Waals surface area contributed by atoms with Crippen LogP contribution in [0.4, 0.5) is 19.4 Å². The summed E-state index contributed by atoms with van der Waals surface area (Å²) in [5, 5.41) is 7.49. The number of carbonyl (C=O) groups is 1. The molecule has 9 nitrogen and oxygen atoms in total. The third-order valence-corrected chi connectivity index (χ3v) is 6.48. The van der Waals surface area contributed by atoms with Crippen molar-refractivity contribution in [3.05, 3.63) is 65.5 Å². The Balaban J connectivity index is 1.47. The molecule has 1 fully saturated rings. The van der Waals surface area contributed by atoms with Crippen molar-refractivity contribution in [1.82, 2.24) is 24.8 Å². The van der Waals surface area contributed by atoms with Crippen LogP contribution in [0.15, 0.2) is 42.7 Å². The molecule has 1 saturated carbocycles. The van der Waals surface area contributed by atoms with E-state index in [4.69, 9.17) is 9.47 Å². The number of amides is 1. The fourth-order valence-electron chi connectivity index (χ4n) is 4.21. The molecule has 0 unspecified atom stereocenters. The highest BCUT2D eigenvalue weighted by Crippen LogP contribution is 2.54. The Morgan fingerprint density at radius 3 is 2.76 bits per heavy atom. The predicted octanol–water partition coefficient (Wildman–Crippen LogP) is 4.53. The molecule has 5 rings (SSSR count). The van der Waals surface area contributed by atoms with Gasteiger partial charge in [-0.2, -0.15) is 9.49 Å². The van der Waals surface area contributed by atoms with Gasteiger partial charge < -0.3 is 9.47 Å². The Bertz CT molecular complexity index is 1230. The molecule has 1 aromatic carbocycles. The van der Waals surface area contributed by atoms with Crippen molar-refractivity contribution >= 4 is 24.0 Å². The first-order chi connectivity index (χ1) is 16.5. The van der Waals surface area contributed by atoms with Crippen LogP contribution in [0.1, 0.15) is 30.4 Å². The number of aromatic nitrogens is 3. The number of benzene rings is 1. The van der Waals surface area contributed by atoms with Crippen LogP contribution in [0.5, 0.6) is 17.4 Å². The molecule has 3 aromatic rings. The molecule has 2 aliphatic rings. The minimum atomic E-state index is -0.798. The summed E-state index contributed by atoms with van der Waals surface area (Å²) in [6.45, 7) is -0.0506. The first-order valence-electron chi connectivity index (χ1n) is 10.5. The summed E-state index contributed by atoms with van der Waals surface area (Å²) < 4.78 is 46.8. The Morgan fingerprint density at radius 1 is 1.21 bits per heavy atom. The minimum Gasteiger partial charge on any atom is -0.434 e. The summed E-state index contributed by atoms with van der Waals surface area (Å²) in [4.78, 5) is 18.5. The second-order valence-corrected chi connectivity index (χ2v) is 8.61. The van der Waals surface area contributed by atoms with Gasteiger partial charge in [0.25, 0.3) is 0 Å². The maximum Gasteiger partial charge on any atom is 0.416 e. The van der Waals surface area contributed by atoms with Crippen molar-refractivity contribution < 1.29 is 23.0 Å². The van der Waals surface area contributed by atoms with E-state index in [0.29, 0.717) is 18.4 Å². The number of nitrogens with zero attached hydrogens (tertiary/aromatic N) is 4. The van der Waals surface area contributed by atoms with Crippen molar-refractivity contribution in [1.29, 1.82) is 0 Å². The summed E-state index contributed by atoms with van der Waals surface area (Å²) in [6, 6.07) is 7.82. The van der Waals surface area contributed by atoms with Gasteiger partial charge in [0.05, 0.1) is 12.1 Å². The molecule has 0 radical (unpaired) electrons. The monoisotopic (exact) mass is 486 g/mol. The van der Waals surface area contributed by atoms with Crippen molar-refractivity contribution in [2.45, 2.75) is 31.3 Å². The largest absolute Gasteiger partial charge is 0.434 e. The Morgan fingerprint density at radius 2 is 2.06 bits per heavy atom. The Labute approximate surface area is 198 Å². The average Bonchev–Trinajstić information content (AvgIpc) is 2.82. The van der Waals surface area contributed by atoms with Crippen LogP contribution in [-0.4, -0.2) is 33.2 Å². The highest BCUT2D eigenvalue weighted by molar-refractivity contribution is 7.98. The standard InChI is InChI=1S/C22H20F2N6O3S/c1-25-34-29-20-17(23)13(7-11-26-20)12-30-21(31)33-19-14(22(30)8-3-9-22)5-6-15(18(19)24)32-16-4-2-10-27-28-16/h2,4-7,10-11,25H,3,8-9,12H2,1H3,(H,26,29). The third-order valence-electron chi connectivity index (χ3n) is 5.98. The molecule has 1 amide bonds. The predicted molar refractivity (Wildman–Crippen MR) is 120 cm³/mol. The van der Waals surface area contributed by atoms with Gasteiger partial charge in [-0.25, -0.2) is 18.9 Å². The molecule has 1 spiro atoms. The fraction of sp³-hybridized carbons (Fsp3) is 0.273. The lowest BCUT2D eigenvalue weighted by atomic mass is 9.69. The highest BCUT2D eigenvalue weighted by Gasteiger charge is 2.53. The summed E-state index contributed by atoms with van der Waals surface area (Å²) in [5.74, 6) is -1.52. The van der Waals surface area contributed by atoms with Gasteiger partial charge in [-0.05, 0) is 50.6 Å². The lowest BCUT2D eigenvalue weighted by Gasteiger charge is -2.52. The van der Waals surface area contributed by atoms with Gasteiger partial charge in [0.1, 0.15) is 0 Å². The molecule has 0 saturated heterocycles. The molecule has 12 heteroatoms. The maximum absolute atomic E-state index is 15.4. The summed E-state index contributed by atoms with van der Waals surface area (Å²) in [5.41, 5.74) is 0.00411. The van der Waals surface area contributed by atoms with Crippen molar-refractivity contribution in [2.75, 3.05) is 11.8 Å². The van der Waals surface area contributed by atoms with E-state index in [0.717, 1.165) is 18.6 Å². The molecular weight excluding hydrogens is 466 g/mol. The van der Waals surface area contributed by atoms with E-state index in [-0.39, 0.29) is 35.3 Å². The molecule has 0 atom stereocenters. The molecule has 1 aliphatic carbocycles. The number of pyridine rings is 1. The van der Waals surface area contributed by atoms with Crippen LogP contribution in [-0.2, 0) is 12.1 Å². The normalized spacial score (nSPS) is 16.0. The molecule has 176 valence electrons. The van der Waals surface area contributed by atoms with Crippen LogP contribution >= 0.6 is 12.1 Å². The van der Waals surface area contributed by atoms with Gasteiger partial charge in [-0.15, -0.1) is 5.10 Å². The van der Waals surface area contributed by atoms with Crippen LogP contribution < -0.4 is 18.9 Å². The van der Waals surface area contributed by atoms with E-state index in [2.05, 4.69) is 24.6 Å². The molecule has 2 aromatic heterocycles. The topological polar surface area (TPSA) is 102 Å².